The Hall–Kier alpha value is -2.32. The van der Waals surface area contributed by atoms with Crippen LogP contribution in [0, 0.1) is 22.0 Å². The Morgan fingerprint density at radius 2 is 1.89 bits per heavy atom. The number of non-ortho nitro benzene ring substituents is 1. The van der Waals surface area contributed by atoms with E-state index < -0.39 is 4.92 Å². The maximum atomic E-state index is 12.7. The number of nitrogens with zero attached hydrogens (tertiary/aromatic N) is 2. The van der Waals surface area contributed by atoms with Crippen LogP contribution in [0.1, 0.15) is 42.6 Å². The smallest absolute Gasteiger partial charge is 0.271 e. The van der Waals surface area contributed by atoms with Gasteiger partial charge in [-0.1, -0.05) is 6.42 Å². The van der Waals surface area contributed by atoms with E-state index in [4.69, 9.17) is 5.73 Å². The predicted molar refractivity (Wildman–Crippen MR) is 103 cm³/mol. The van der Waals surface area contributed by atoms with Crippen LogP contribution in [0.5, 0.6) is 0 Å². The number of hydrogen-bond donors (Lipinski definition) is 2. The third kappa shape index (κ3) is 3.72. The Balaban J connectivity index is 1.46. The number of benzene rings is 1. The van der Waals surface area contributed by atoms with E-state index in [-0.39, 0.29) is 23.7 Å². The van der Waals surface area contributed by atoms with Gasteiger partial charge >= 0.3 is 0 Å². The van der Waals surface area contributed by atoms with Gasteiger partial charge in [0.1, 0.15) is 10.7 Å². The third-order valence-corrected chi connectivity index (χ3v) is 6.63. The van der Waals surface area contributed by atoms with E-state index in [1.165, 1.54) is 29.9 Å². The van der Waals surface area contributed by atoms with Crippen molar-refractivity contribution >= 4 is 22.9 Å². The lowest BCUT2D eigenvalue weighted by Gasteiger charge is -2.45. The van der Waals surface area contributed by atoms with Crippen LogP contribution < -0.4 is 11.1 Å². The van der Waals surface area contributed by atoms with Gasteiger partial charge in [-0.3, -0.25) is 14.9 Å². The SMILES string of the molecule is NC1CC2CCCC(C1)C2NC(=O)c1csc(-c2ccc([N+](=O)[O-])cc2)n1. The third-order valence-electron chi connectivity index (χ3n) is 5.74. The highest BCUT2D eigenvalue weighted by atomic mass is 32.1. The Kier molecular flexibility index (Phi) is 4.92. The van der Waals surface area contributed by atoms with Crippen molar-refractivity contribution in [2.75, 3.05) is 0 Å². The fourth-order valence-corrected chi connectivity index (χ4v) is 5.29. The average Bonchev–Trinajstić information content (AvgIpc) is 3.13. The molecule has 1 aromatic heterocycles. The van der Waals surface area contributed by atoms with E-state index in [0.29, 0.717) is 22.5 Å². The van der Waals surface area contributed by atoms with Gasteiger partial charge in [0.25, 0.3) is 11.6 Å². The van der Waals surface area contributed by atoms with Crippen molar-refractivity contribution in [1.29, 1.82) is 0 Å². The normalized spacial score (nSPS) is 27.1. The van der Waals surface area contributed by atoms with Gasteiger partial charge in [-0.15, -0.1) is 11.3 Å². The van der Waals surface area contributed by atoms with Crippen LogP contribution in [0.4, 0.5) is 5.69 Å². The summed E-state index contributed by atoms with van der Waals surface area (Å²) >= 11 is 1.37. The van der Waals surface area contributed by atoms with E-state index in [2.05, 4.69) is 10.3 Å². The van der Waals surface area contributed by atoms with Crippen LogP contribution in [-0.2, 0) is 0 Å². The Bertz CT molecular complexity index is 837. The van der Waals surface area contributed by atoms with Gasteiger partial charge in [-0.25, -0.2) is 4.98 Å². The Labute approximate surface area is 161 Å². The number of aromatic nitrogens is 1. The lowest BCUT2D eigenvalue weighted by Crippen LogP contribution is -2.53. The molecule has 2 aliphatic carbocycles. The maximum Gasteiger partial charge on any atom is 0.271 e. The standard InChI is InChI=1S/C19H22N4O3S/c20-14-8-12-2-1-3-13(9-14)17(12)22-18(24)16-10-27-19(21-16)11-4-6-15(7-5-11)23(25)26/h4-7,10,12-14,17H,1-3,8-9,20H2,(H,22,24). The molecule has 4 rings (SSSR count). The fourth-order valence-electron chi connectivity index (χ4n) is 4.49. The zero-order valence-corrected chi connectivity index (χ0v) is 15.7. The van der Waals surface area contributed by atoms with Crippen LogP contribution >= 0.6 is 11.3 Å². The summed E-state index contributed by atoms with van der Waals surface area (Å²) in [6.45, 7) is 0. The number of carbonyl (C=O) groups is 1. The van der Waals surface area contributed by atoms with Crippen LogP contribution in [0.15, 0.2) is 29.6 Å². The molecule has 2 saturated carbocycles. The zero-order valence-electron chi connectivity index (χ0n) is 14.8. The molecule has 3 N–H and O–H groups in total. The van der Waals surface area contributed by atoms with E-state index in [1.54, 1.807) is 17.5 Å². The minimum atomic E-state index is -0.433. The molecule has 2 aromatic rings. The van der Waals surface area contributed by atoms with E-state index >= 15 is 0 Å². The summed E-state index contributed by atoms with van der Waals surface area (Å²) in [7, 11) is 0. The van der Waals surface area contributed by atoms with Crippen molar-refractivity contribution in [2.45, 2.75) is 44.2 Å². The fraction of sp³-hybridized carbons (Fsp3) is 0.474. The molecule has 2 bridgehead atoms. The number of thiazole rings is 1. The highest BCUT2D eigenvalue weighted by Crippen LogP contribution is 2.39. The largest absolute Gasteiger partial charge is 0.347 e. The molecule has 142 valence electrons. The van der Waals surface area contributed by atoms with Gasteiger partial charge in [0, 0.05) is 35.2 Å². The first-order valence-electron chi connectivity index (χ1n) is 9.28. The molecule has 2 atom stereocenters. The van der Waals surface area contributed by atoms with E-state index in [1.807, 2.05) is 0 Å². The number of nitro benzene ring substituents is 1. The molecule has 2 fully saturated rings. The molecule has 0 radical (unpaired) electrons. The Morgan fingerprint density at radius 3 is 2.52 bits per heavy atom. The van der Waals surface area contributed by atoms with E-state index in [0.717, 1.165) is 31.2 Å². The van der Waals surface area contributed by atoms with E-state index in [9.17, 15) is 14.9 Å². The van der Waals surface area contributed by atoms with Crippen molar-refractivity contribution in [3.63, 3.8) is 0 Å². The zero-order chi connectivity index (χ0) is 19.0. The Morgan fingerprint density at radius 1 is 1.22 bits per heavy atom. The lowest BCUT2D eigenvalue weighted by molar-refractivity contribution is -0.384. The molecule has 0 saturated heterocycles. The topological polar surface area (TPSA) is 111 Å². The number of hydrogen-bond acceptors (Lipinski definition) is 6. The van der Waals surface area contributed by atoms with Crippen molar-refractivity contribution in [3.8, 4) is 10.6 Å². The minimum Gasteiger partial charge on any atom is -0.347 e. The van der Waals surface area contributed by atoms with Crippen LogP contribution in [0.25, 0.3) is 10.6 Å². The summed E-state index contributed by atoms with van der Waals surface area (Å²) < 4.78 is 0. The van der Waals surface area contributed by atoms with Gasteiger partial charge in [0.2, 0.25) is 0 Å². The lowest BCUT2D eigenvalue weighted by atomic mass is 9.67. The number of nitrogens with one attached hydrogen (secondary N) is 1. The molecule has 1 heterocycles. The van der Waals surface area contributed by atoms with Gasteiger partial charge in [0.15, 0.2) is 0 Å². The second-order valence-corrected chi connectivity index (χ2v) is 8.38. The van der Waals surface area contributed by atoms with Gasteiger partial charge in [-0.05, 0) is 49.7 Å². The number of fused-ring (bicyclic) bond motifs is 2. The summed E-state index contributed by atoms with van der Waals surface area (Å²) in [5.41, 5.74) is 7.37. The highest BCUT2D eigenvalue weighted by molar-refractivity contribution is 7.13. The van der Waals surface area contributed by atoms with Crippen LogP contribution in [-0.4, -0.2) is 27.9 Å². The number of rotatable bonds is 4. The first kappa shape index (κ1) is 18.1. The van der Waals surface area contributed by atoms with Gasteiger partial charge in [0.05, 0.1) is 4.92 Å². The number of amides is 1. The second kappa shape index (κ2) is 7.36. The molecule has 8 heteroatoms. The maximum absolute atomic E-state index is 12.7. The molecule has 1 aromatic carbocycles. The summed E-state index contributed by atoms with van der Waals surface area (Å²) in [6.07, 6.45) is 5.43. The summed E-state index contributed by atoms with van der Waals surface area (Å²) in [5, 5.41) is 16.4. The molecule has 0 aliphatic heterocycles. The molecule has 7 nitrogen and oxygen atoms in total. The first-order valence-corrected chi connectivity index (χ1v) is 10.2. The molecule has 27 heavy (non-hydrogen) atoms. The number of nitrogens with two attached hydrogens (primary N) is 1. The summed E-state index contributed by atoms with van der Waals surface area (Å²) in [6, 6.07) is 6.65. The molecule has 1 amide bonds. The summed E-state index contributed by atoms with van der Waals surface area (Å²) in [4.78, 5) is 27.5. The number of nitro groups is 1. The average molecular weight is 386 g/mol. The molecular weight excluding hydrogens is 364 g/mol. The molecule has 2 unspecified atom stereocenters. The van der Waals surface area contributed by atoms with Crippen molar-refractivity contribution in [3.05, 3.63) is 45.5 Å². The van der Waals surface area contributed by atoms with Gasteiger partial charge in [-0.2, -0.15) is 0 Å². The second-order valence-electron chi connectivity index (χ2n) is 7.52. The molecule has 2 aliphatic rings. The predicted octanol–water partition coefficient (Wildman–Crippen LogP) is 3.35. The molecule has 0 spiro atoms. The van der Waals surface area contributed by atoms with Crippen LogP contribution in [0.2, 0.25) is 0 Å². The first-order chi connectivity index (χ1) is 13.0. The van der Waals surface area contributed by atoms with Crippen LogP contribution in [0.3, 0.4) is 0 Å². The van der Waals surface area contributed by atoms with Crippen molar-refractivity contribution in [2.24, 2.45) is 17.6 Å². The van der Waals surface area contributed by atoms with Gasteiger partial charge < -0.3 is 11.1 Å². The van der Waals surface area contributed by atoms with Crippen molar-refractivity contribution in [1.82, 2.24) is 10.3 Å². The summed E-state index contributed by atoms with van der Waals surface area (Å²) in [5.74, 6) is 0.783. The highest BCUT2D eigenvalue weighted by Gasteiger charge is 2.40. The number of carbonyl (C=O) groups excluding carboxylic acids is 1. The molecular formula is C19H22N4O3S. The monoisotopic (exact) mass is 386 g/mol. The minimum absolute atomic E-state index is 0.0373. The van der Waals surface area contributed by atoms with Crippen molar-refractivity contribution < 1.29 is 9.72 Å². The quantitative estimate of drug-likeness (QED) is 0.618.